The Morgan fingerprint density at radius 3 is 2.88 bits per heavy atom. The number of aromatic nitrogens is 2. The first-order valence-corrected chi connectivity index (χ1v) is 8.95. The molecule has 0 saturated carbocycles. The first-order valence-electron chi connectivity index (χ1n) is 8.07. The van der Waals surface area contributed by atoms with E-state index in [0.29, 0.717) is 17.6 Å². The molecule has 0 aliphatic heterocycles. The van der Waals surface area contributed by atoms with Gasteiger partial charge in [0.1, 0.15) is 5.69 Å². The highest BCUT2D eigenvalue weighted by molar-refractivity contribution is 7.13. The molecule has 0 aliphatic rings. The summed E-state index contributed by atoms with van der Waals surface area (Å²) in [5.74, 6) is 0.367. The molecule has 5 N–H and O–H groups in total. The topological polar surface area (TPSA) is 117 Å². The minimum Gasteiger partial charge on any atom is -0.370 e. The van der Waals surface area contributed by atoms with Crippen molar-refractivity contribution in [3.05, 3.63) is 29.3 Å². The molecule has 2 aromatic heterocycles. The number of nitrogens with one attached hydrogen (secondary N) is 3. The average molecular weight is 361 g/mol. The average Bonchev–Trinajstić information content (AvgIpc) is 3.08. The second kappa shape index (κ2) is 9.58. The minimum atomic E-state index is -0.247. The van der Waals surface area contributed by atoms with Crippen molar-refractivity contribution in [2.75, 3.05) is 13.6 Å². The fourth-order valence-corrected chi connectivity index (χ4v) is 2.64. The summed E-state index contributed by atoms with van der Waals surface area (Å²) in [7, 11) is 1.57. The van der Waals surface area contributed by atoms with Gasteiger partial charge in [0.25, 0.3) is 0 Å². The lowest BCUT2D eigenvalue weighted by Gasteiger charge is -2.05. The van der Waals surface area contributed by atoms with Gasteiger partial charge in [-0.25, -0.2) is 14.8 Å². The van der Waals surface area contributed by atoms with E-state index in [1.54, 1.807) is 7.05 Å². The number of unbranched alkanes of at least 4 members (excludes halogenated alkanes) is 1. The molecule has 0 fully saturated rings. The Labute approximate surface area is 151 Å². The van der Waals surface area contributed by atoms with E-state index in [-0.39, 0.29) is 6.03 Å². The maximum Gasteiger partial charge on any atom is 0.314 e. The van der Waals surface area contributed by atoms with E-state index in [0.717, 1.165) is 36.5 Å². The molecule has 0 aromatic carbocycles. The Kier molecular flexibility index (Phi) is 7.15. The van der Waals surface area contributed by atoms with E-state index in [2.05, 4.69) is 37.8 Å². The van der Waals surface area contributed by atoms with Crippen molar-refractivity contribution < 1.29 is 4.79 Å². The minimum absolute atomic E-state index is 0.247. The standard InChI is InChI=1S/C16H23N7OS/c1-3-4-8-19-14(17)23-16-22-13(10-25-16)12-7-5-6-11(21-12)9-20-15(24)18-2/h5-7,10H,3-4,8-9H2,1-2H3,(H2,18,20,24)(H3,17,19,22,23). The predicted octanol–water partition coefficient (Wildman–Crippen LogP) is 1.97. The van der Waals surface area contributed by atoms with E-state index in [1.165, 1.54) is 11.3 Å². The largest absolute Gasteiger partial charge is 0.370 e. The van der Waals surface area contributed by atoms with Gasteiger partial charge in [0.05, 0.1) is 17.9 Å². The number of hydrogen-bond acceptors (Lipinski definition) is 5. The molecule has 0 spiro atoms. The highest BCUT2D eigenvalue weighted by Crippen LogP contribution is 2.25. The fraction of sp³-hybridized carbons (Fsp3) is 0.375. The van der Waals surface area contributed by atoms with Crippen LogP contribution in [-0.4, -0.2) is 35.6 Å². The van der Waals surface area contributed by atoms with E-state index in [1.807, 2.05) is 23.6 Å². The van der Waals surface area contributed by atoms with Crippen molar-refractivity contribution >= 4 is 28.5 Å². The lowest BCUT2D eigenvalue weighted by atomic mass is 10.2. The Hall–Kier alpha value is -2.68. The zero-order valence-corrected chi connectivity index (χ0v) is 15.2. The normalized spacial score (nSPS) is 11.2. The third-order valence-electron chi connectivity index (χ3n) is 3.27. The first-order chi connectivity index (χ1) is 12.1. The molecular weight excluding hydrogens is 338 g/mol. The smallest absolute Gasteiger partial charge is 0.314 e. The van der Waals surface area contributed by atoms with E-state index in [9.17, 15) is 4.79 Å². The molecule has 0 unspecified atom stereocenters. The molecule has 2 rings (SSSR count). The zero-order valence-electron chi connectivity index (χ0n) is 14.4. The summed E-state index contributed by atoms with van der Waals surface area (Å²) in [6, 6.07) is 5.35. The van der Waals surface area contributed by atoms with Crippen LogP contribution < -0.4 is 21.7 Å². The molecule has 0 bridgehead atoms. The lowest BCUT2D eigenvalue weighted by Crippen LogP contribution is -2.32. The number of aliphatic imine (C=N–C) groups is 1. The number of guanidine groups is 1. The van der Waals surface area contributed by atoms with Crippen molar-refractivity contribution in [2.24, 2.45) is 10.7 Å². The molecule has 8 nitrogen and oxygen atoms in total. The lowest BCUT2D eigenvalue weighted by molar-refractivity contribution is 0.242. The molecular formula is C16H23N7OS. The van der Waals surface area contributed by atoms with Crippen LogP contribution >= 0.6 is 11.3 Å². The van der Waals surface area contributed by atoms with Crippen molar-refractivity contribution in [3.63, 3.8) is 0 Å². The van der Waals surface area contributed by atoms with Gasteiger partial charge in [-0.2, -0.15) is 4.99 Å². The summed E-state index contributed by atoms with van der Waals surface area (Å²) in [5.41, 5.74) is 8.05. The van der Waals surface area contributed by atoms with Gasteiger partial charge in [-0.3, -0.25) is 0 Å². The monoisotopic (exact) mass is 361 g/mol. The van der Waals surface area contributed by atoms with Crippen LogP contribution in [0.1, 0.15) is 25.5 Å². The van der Waals surface area contributed by atoms with Crippen molar-refractivity contribution in [1.82, 2.24) is 25.9 Å². The van der Waals surface area contributed by atoms with Crippen LogP contribution in [0.3, 0.4) is 0 Å². The number of carbonyl (C=O) groups excluding carboxylic acids is 1. The molecule has 0 saturated heterocycles. The molecule has 25 heavy (non-hydrogen) atoms. The number of nitrogens with zero attached hydrogens (tertiary/aromatic N) is 3. The van der Waals surface area contributed by atoms with Crippen LogP contribution in [0, 0.1) is 0 Å². The molecule has 2 amide bonds. The van der Waals surface area contributed by atoms with Crippen molar-refractivity contribution in [3.8, 4) is 11.4 Å². The molecule has 9 heteroatoms. The summed E-state index contributed by atoms with van der Waals surface area (Å²) < 4.78 is 0. The number of nitrogens with two attached hydrogens (primary N) is 1. The second-order valence-electron chi connectivity index (χ2n) is 5.24. The van der Waals surface area contributed by atoms with Gasteiger partial charge in [0.2, 0.25) is 5.13 Å². The predicted molar refractivity (Wildman–Crippen MR) is 101 cm³/mol. The summed E-state index contributed by atoms with van der Waals surface area (Å²) in [4.78, 5) is 24.5. The quantitative estimate of drug-likeness (QED) is 0.342. The molecule has 0 atom stereocenters. The summed E-state index contributed by atoms with van der Waals surface area (Å²) in [6.07, 6.45) is 2.14. The molecule has 134 valence electrons. The number of thiazole rings is 1. The van der Waals surface area contributed by atoms with Crippen LogP contribution in [-0.2, 0) is 6.54 Å². The SMILES string of the molecule is CCCCN/C(N)=N/c1nc(-c2cccc(CNC(=O)NC)n2)cs1. The maximum atomic E-state index is 11.2. The number of pyridine rings is 1. The van der Waals surface area contributed by atoms with Crippen molar-refractivity contribution in [1.29, 1.82) is 0 Å². The molecule has 2 heterocycles. The van der Waals surface area contributed by atoms with E-state index in [4.69, 9.17) is 5.73 Å². The fourth-order valence-electron chi connectivity index (χ4n) is 1.95. The molecule has 0 radical (unpaired) electrons. The van der Waals surface area contributed by atoms with Crippen LogP contribution in [0.2, 0.25) is 0 Å². The Morgan fingerprint density at radius 1 is 1.28 bits per heavy atom. The van der Waals surface area contributed by atoms with Crippen LogP contribution in [0.15, 0.2) is 28.6 Å². The Balaban J connectivity index is 2.04. The highest BCUT2D eigenvalue weighted by atomic mass is 32.1. The van der Waals surface area contributed by atoms with Gasteiger partial charge in [-0.05, 0) is 18.6 Å². The molecule has 2 aromatic rings. The summed E-state index contributed by atoms with van der Waals surface area (Å²) >= 11 is 1.40. The third kappa shape index (κ3) is 6.03. The van der Waals surface area contributed by atoms with Crippen LogP contribution in [0.5, 0.6) is 0 Å². The second-order valence-corrected chi connectivity index (χ2v) is 6.08. The zero-order chi connectivity index (χ0) is 18.1. The number of amides is 2. The van der Waals surface area contributed by atoms with Crippen molar-refractivity contribution in [2.45, 2.75) is 26.3 Å². The first kappa shape index (κ1) is 18.7. The van der Waals surface area contributed by atoms with Gasteiger partial charge in [-0.1, -0.05) is 19.4 Å². The Bertz CT molecular complexity index is 729. The Morgan fingerprint density at radius 2 is 2.12 bits per heavy atom. The number of urea groups is 1. The van der Waals surface area contributed by atoms with Gasteiger partial charge in [0, 0.05) is 19.0 Å². The van der Waals surface area contributed by atoms with Gasteiger partial charge in [-0.15, -0.1) is 11.3 Å². The number of hydrogen-bond donors (Lipinski definition) is 4. The summed E-state index contributed by atoms with van der Waals surface area (Å²) in [6.45, 7) is 3.26. The number of rotatable bonds is 7. The van der Waals surface area contributed by atoms with Gasteiger partial charge in [0.15, 0.2) is 5.96 Å². The highest BCUT2D eigenvalue weighted by Gasteiger charge is 2.07. The van der Waals surface area contributed by atoms with E-state index < -0.39 is 0 Å². The van der Waals surface area contributed by atoms with Gasteiger partial charge >= 0.3 is 6.03 Å². The summed E-state index contributed by atoms with van der Waals surface area (Å²) in [5, 5.41) is 10.7. The van der Waals surface area contributed by atoms with Crippen LogP contribution in [0.25, 0.3) is 11.4 Å². The van der Waals surface area contributed by atoms with Gasteiger partial charge < -0.3 is 21.7 Å². The van der Waals surface area contributed by atoms with Crippen LogP contribution in [0.4, 0.5) is 9.93 Å². The molecule has 0 aliphatic carbocycles. The maximum absolute atomic E-state index is 11.2. The third-order valence-corrected chi connectivity index (χ3v) is 4.01. The number of carbonyl (C=O) groups is 1. The van der Waals surface area contributed by atoms with E-state index >= 15 is 0 Å².